The fraction of sp³-hybridized carbons (Fsp3) is 0.333. The summed E-state index contributed by atoms with van der Waals surface area (Å²) in [4.78, 5) is 25.6. The van der Waals surface area contributed by atoms with E-state index < -0.39 is 23.4 Å². The number of ketones is 1. The molecule has 0 radical (unpaired) electrons. The number of methoxy groups -OCH3 is 2. The number of hydrogen-bond acceptors (Lipinski definition) is 5. The van der Waals surface area contributed by atoms with Crippen molar-refractivity contribution in [2.45, 2.75) is 24.9 Å². The molecule has 150 valence electrons. The minimum absolute atomic E-state index is 0.0457. The van der Waals surface area contributed by atoms with E-state index in [1.54, 1.807) is 7.11 Å². The Kier molecular flexibility index (Phi) is 5.24. The number of carbonyl (C=O) groups is 2. The summed E-state index contributed by atoms with van der Waals surface area (Å²) >= 11 is 0. The Morgan fingerprint density at radius 1 is 1.00 bits per heavy atom. The number of hydrogen-bond donors (Lipinski definition) is 0. The van der Waals surface area contributed by atoms with Gasteiger partial charge in [0, 0.05) is 30.6 Å². The zero-order valence-electron chi connectivity index (χ0n) is 16.6. The van der Waals surface area contributed by atoms with Gasteiger partial charge in [-0.2, -0.15) is 0 Å². The van der Waals surface area contributed by atoms with Crippen LogP contribution in [0.25, 0.3) is 5.76 Å². The van der Waals surface area contributed by atoms with Gasteiger partial charge in [-0.05, 0) is 25.0 Å². The van der Waals surface area contributed by atoms with E-state index in [1.807, 2.05) is 60.7 Å². The molecule has 3 aliphatic carbocycles. The minimum Gasteiger partial charge on any atom is -0.469 e. The van der Waals surface area contributed by atoms with Gasteiger partial charge < -0.3 is 14.2 Å². The van der Waals surface area contributed by atoms with Gasteiger partial charge in [-0.3, -0.25) is 9.59 Å². The zero-order valence-corrected chi connectivity index (χ0v) is 16.6. The molecule has 29 heavy (non-hydrogen) atoms. The molecule has 5 rings (SSSR count). The largest absolute Gasteiger partial charge is 0.469 e. The summed E-state index contributed by atoms with van der Waals surface area (Å²) in [7, 11) is 2.95. The van der Waals surface area contributed by atoms with Crippen molar-refractivity contribution < 1.29 is 23.8 Å². The summed E-state index contributed by atoms with van der Waals surface area (Å²) in [6, 6.07) is 19.1. The van der Waals surface area contributed by atoms with Crippen LogP contribution in [0.3, 0.4) is 0 Å². The molecular weight excluding hydrogens is 368 g/mol. The first-order valence-corrected chi connectivity index (χ1v) is 9.78. The highest BCUT2D eigenvalue weighted by molar-refractivity contribution is 5.95. The van der Waals surface area contributed by atoms with Gasteiger partial charge >= 0.3 is 5.97 Å². The summed E-state index contributed by atoms with van der Waals surface area (Å²) < 4.78 is 17.4. The maximum Gasteiger partial charge on any atom is 0.313 e. The fourth-order valence-electron chi connectivity index (χ4n) is 4.62. The van der Waals surface area contributed by atoms with E-state index in [2.05, 4.69) is 0 Å². The van der Waals surface area contributed by atoms with Gasteiger partial charge in [-0.15, -0.1) is 0 Å². The zero-order chi connectivity index (χ0) is 20.4. The lowest BCUT2D eigenvalue weighted by atomic mass is 9.57. The minimum atomic E-state index is -0.870. The van der Waals surface area contributed by atoms with Crippen LogP contribution in [0.5, 0.6) is 5.75 Å². The van der Waals surface area contributed by atoms with Crippen LogP contribution in [0.1, 0.15) is 24.8 Å². The summed E-state index contributed by atoms with van der Waals surface area (Å²) in [5, 5.41) is 0. The summed E-state index contributed by atoms with van der Waals surface area (Å²) in [6.07, 6.45) is 1.51. The fourth-order valence-corrected chi connectivity index (χ4v) is 4.62. The lowest BCUT2D eigenvalue weighted by molar-refractivity contribution is -0.160. The number of para-hydroxylation sites is 1. The standard InChI is InChI=1S/C24H24O5/c1-27-23(26)20-18-13-14-24(28-2,15-19(18)25)21(20)22(16-9-5-3-6-10-16)29-17-11-7-4-8-12-17/h3-12,18,20H,13-15H2,1-2H3/b22-21+. The van der Waals surface area contributed by atoms with Crippen LogP contribution in [0.2, 0.25) is 0 Å². The molecule has 0 N–H and O–H groups in total. The molecule has 3 saturated carbocycles. The normalized spacial score (nSPS) is 27.4. The van der Waals surface area contributed by atoms with Gasteiger partial charge in [0.2, 0.25) is 0 Å². The number of ether oxygens (including phenoxy) is 3. The van der Waals surface area contributed by atoms with E-state index >= 15 is 0 Å². The average Bonchev–Trinajstić information content (AvgIpc) is 2.78. The third-order valence-electron chi connectivity index (χ3n) is 6.03. The monoisotopic (exact) mass is 392 g/mol. The van der Waals surface area contributed by atoms with Gasteiger partial charge in [-0.1, -0.05) is 48.5 Å². The smallest absolute Gasteiger partial charge is 0.313 e. The Morgan fingerprint density at radius 2 is 1.66 bits per heavy atom. The molecule has 0 aliphatic heterocycles. The van der Waals surface area contributed by atoms with Gasteiger partial charge in [-0.25, -0.2) is 0 Å². The lowest BCUT2D eigenvalue weighted by Crippen LogP contribution is -2.56. The van der Waals surface area contributed by atoms with E-state index in [-0.39, 0.29) is 12.2 Å². The number of Topliss-reactive ketones (excluding diaryl/α,β-unsaturated/α-hetero) is 1. The third kappa shape index (κ3) is 3.36. The third-order valence-corrected chi connectivity index (χ3v) is 6.03. The number of carbonyl (C=O) groups excluding carboxylic acids is 2. The lowest BCUT2D eigenvalue weighted by Gasteiger charge is -2.50. The van der Waals surface area contributed by atoms with Crippen molar-refractivity contribution in [2.75, 3.05) is 14.2 Å². The van der Waals surface area contributed by atoms with E-state index in [1.165, 1.54) is 7.11 Å². The highest BCUT2D eigenvalue weighted by Crippen LogP contribution is 2.54. The van der Waals surface area contributed by atoms with Gasteiger partial charge in [0.15, 0.2) is 0 Å². The highest BCUT2D eigenvalue weighted by Gasteiger charge is 2.58. The molecule has 0 spiro atoms. The Morgan fingerprint density at radius 3 is 2.24 bits per heavy atom. The molecule has 0 saturated heterocycles. The number of fused-ring (bicyclic) bond motifs is 3. The predicted octanol–water partition coefficient (Wildman–Crippen LogP) is 4.03. The predicted molar refractivity (Wildman–Crippen MR) is 108 cm³/mol. The maximum absolute atomic E-state index is 12.8. The topological polar surface area (TPSA) is 61.8 Å². The van der Waals surface area contributed by atoms with Crippen LogP contribution in [0.4, 0.5) is 0 Å². The van der Waals surface area contributed by atoms with Crippen LogP contribution in [0, 0.1) is 11.8 Å². The molecule has 2 aromatic rings. The summed E-state index contributed by atoms with van der Waals surface area (Å²) in [6.45, 7) is 0. The second-order valence-corrected chi connectivity index (χ2v) is 7.51. The van der Waals surface area contributed by atoms with Crippen molar-refractivity contribution in [3.63, 3.8) is 0 Å². The average molecular weight is 392 g/mol. The summed E-state index contributed by atoms with van der Waals surface area (Å²) in [5.74, 6) is -0.289. The van der Waals surface area contributed by atoms with Crippen molar-refractivity contribution in [3.05, 3.63) is 71.8 Å². The molecule has 0 heterocycles. The van der Waals surface area contributed by atoms with Gasteiger partial charge in [0.05, 0.1) is 13.0 Å². The molecule has 0 aromatic heterocycles. The van der Waals surface area contributed by atoms with Gasteiger partial charge in [0.25, 0.3) is 0 Å². The van der Waals surface area contributed by atoms with Crippen LogP contribution < -0.4 is 4.74 Å². The van der Waals surface area contributed by atoms with Crippen LogP contribution in [-0.4, -0.2) is 31.6 Å². The Bertz CT molecular complexity index is 934. The second kappa shape index (κ2) is 7.84. The van der Waals surface area contributed by atoms with Gasteiger partial charge in [0.1, 0.15) is 22.9 Å². The van der Waals surface area contributed by atoms with Crippen molar-refractivity contribution in [2.24, 2.45) is 11.8 Å². The summed E-state index contributed by atoms with van der Waals surface area (Å²) in [5.41, 5.74) is 0.666. The maximum atomic E-state index is 12.8. The van der Waals surface area contributed by atoms with E-state index in [9.17, 15) is 9.59 Å². The first-order valence-electron chi connectivity index (χ1n) is 9.78. The van der Waals surface area contributed by atoms with Crippen molar-refractivity contribution in [1.29, 1.82) is 0 Å². The van der Waals surface area contributed by atoms with Crippen molar-refractivity contribution in [3.8, 4) is 5.75 Å². The molecule has 3 aliphatic rings. The highest BCUT2D eigenvalue weighted by atomic mass is 16.5. The quantitative estimate of drug-likeness (QED) is 0.568. The molecule has 2 aromatic carbocycles. The Labute approximate surface area is 170 Å². The molecular formula is C24H24O5. The molecule has 2 bridgehead atoms. The van der Waals surface area contributed by atoms with Crippen LogP contribution in [0.15, 0.2) is 66.2 Å². The number of esters is 1. The molecule has 5 heteroatoms. The van der Waals surface area contributed by atoms with E-state index in [4.69, 9.17) is 14.2 Å². The number of rotatable bonds is 5. The molecule has 3 unspecified atom stereocenters. The van der Waals surface area contributed by atoms with Crippen molar-refractivity contribution >= 4 is 17.5 Å². The Balaban J connectivity index is 1.96. The first kappa shape index (κ1) is 19.4. The van der Waals surface area contributed by atoms with Crippen LogP contribution >= 0.6 is 0 Å². The molecule has 0 amide bonds. The molecule has 3 atom stereocenters. The van der Waals surface area contributed by atoms with E-state index in [0.717, 1.165) is 5.56 Å². The molecule has 5 nitrogen and oxygen atoms in total. The second-order valence-electron chi connectivity index (χ2n) is 7.51. The van der Waals surface area contributed by atoms with Crippen LogP contribution in [-0.2, 0) is 19.1 Å². The SMILES string of the molecule is COC(=O)C1/C(=C(\Oc2ccccc2)c2ccccc2)C2(OC)CCC1C(=O)C2. The first-order chi connectivity index (χ1) is 14.1. The Hall–Kier alpha value is -2.92. The molecule has 3 fully saturated rings. The number of benzene rings is 2. The van der Waals surface area contributed by atoms with E-state index in [0.29, 0.717) is 29.9 Å². The van der Waals surface area contributed by atoms with Crippen molar-refractivity contribution in [1.82, 2.24) is 0 Å².